The first-order valence-electron chi connectivity index (χ1n) is 5.73. The van der Waals surface area contributed by atoms with Crippen molar-refractivity contribution in [2.24, 2.45) is 0 Å². The van der Waals surface area contributed by atoms with E-state index in [-0.39, 0.29) is 23.2 Å². The molecule has 0 saturated carbocycles. The quantitative estimate of drug-likeness (QED) is 0.773. The summed E-state index contributed by atoms with van der Waals surface area (Å²) in [6, 6.07) is 5.86. The maximum Gasteiger partial charge on any atom is 0.269 e. The summed E-state index contributed by atoms with van der Waals surface area (Å²) < 4.78 is 14.4. The third-order valence-corrected chi connectivity index (χ3v) is 3.06. The van der Waals surface area contributed by atoms with E-state index in [1.165, 1.54) is 22.9 Å². The molecule has 0 fully saturated rings. The van der Waals surface area contributed by atoms with Gasteiger partial charge in [0.15, 0.2) is 0 Å². The van der Waals surface area contributed by atoms with Crippen molar-refractivity contribution in [3.63, 3.8) is 0 Å². The van der Waals surface area contributed by atoms with E-state index in [1.807, 2.05) is 13.8 Å². The van der Waals surface area contributed by atoms with Crippen molar-refractivity contribution in [3.05, 3.63) is 62.0 Å². The van der Waals surface area contributed by atoms with Gasteiger partial charge in [0.1, 0.15) is 10.3 Å². The molecule has 0 N–H and O–H groups in total. The predicted octanol–water partition coefficient (Wildman–Crippen LogP) is 3.87. The van der Waals surface area contributed by atoms with E-state index in [0.717, 1.165) is 5.56 Å². The van der Waals surface area contributed by atoms with Gasteiger partial charge in [-0.15, -0.1) is 0 Å². The molecule has 0 saturated heterocycles. The highest BCUT2D eigenvalue weighted by Crippen LogP contribution is 2.10. The van der Waals surface area contributed by atoms with Gasteiger partial charge in [-0.2, -0.15) is 0 Å². The van der Waals surface area contributed by atoms with Crippen molar-refractivity contribution in [3.8, 4) is 0 Å². The molecule has 19 heavy (non-hydrogen) atoms. The highest BCUT2D eigenvalue weighted by atomic mass is 79.9. The molecule has 0 spiro atoms. The van der Waals surface area contributed by atoms with E-state index < -0.39 is 0 Å². The van der Waals surface area contributed by atoms with Gasteiger partial charge in [-0.05, 0) is 45.2 Å². The molecule has 2 aromatic rings. The summed E-state index contributed by atoms with van der Waals surface area (Å²) in [7, 11) is 0. The van der Waals surface area contributed by atoms with Crippen LogP contribution in [0, 0.1) is 5.82 Å². The Morgan fingerprint density at radius 3 is 2.47 bits per heavy atom. The average molecular weight is 348 g/mol. The molecule has 1 aromatic heterocycles. The Labute approximate surface area is 124 Å². The zero-order valence-corrected chi connectivity index (χ0v) is 12.9. The minimum atomic E-state index is -0.320. The second-order valence-electron chi connectivity index (χ2n) is 3.39. The zero-order chi connectivity index (χ0) is 14.4. The van der Waals surface area contributed by atoms with Crippen molar-refractivity contribution in [2.45, 2.75) is 20.4 Å². The van der Waals surface area contributed by atoms with E-state index in [4.69, 9.17) is 11.6 Å². The van der Waals surface area contributed by atoms with Crippen LogP contribution in [0.15, 0.2) is 39.7 Å². The van der Waals surface area contributed by atoms with Crippen LogP contribution in [0.5, 0.6) is 0 Å². The Bertz CT molecular complexity index is 599. The van der Waals surface area contributed by atoms with Gasteiger partial charge in [-0.25, -0.2) is 9.37 Å². The lowest BCUT2D eigenvalue weighted by molar-refractivity contribution is 0.625. The molecule has 6 heteroatoms. The molecular weight excluding hydrogens is 335 g/mol. The maximum atomic E-state index is 12.7. The van der Waals surface area contributed by atoms with Gasteiger partial charge in [0.05, 0.1) is 12.7 Å². The van der Waals surface area contributed by atoms with Gasteiger partial charge in [-0.3, -0.25) is 9.36 Å². The molecule has 1 aromatic carbocycles. The average Bonchev–Trinajstić information content (AvgIpc) is 2.44. The SMILES string of the molecule is CC.O=c1c(Br)cnc(Cl)n1Cc1ccc(F)cc1. The number of benzene rings is 1. The summed E-state index contributed by atoms with van der Waals surface area (Å²) in [6.45, 7) is 4.25. The van der Waals surface area contributed by atoms with Crippen LogP contribution in [0.2, 0.25) is 5.28 Å². The fourth-order valence-corrected chi connectivity index (χ4v) is 1.86. The van der Waals surface area contributed by atoms with Crippen molar-refractivity contribution < 1.29 is 4.39 Å². The van der Waals surface area contributed by atoms with E-state index in [1.54, 1.807) is 12.1 Å². The van der Waals surface area contributed by atoms with E-state index in [0.29, 0.717) is 4.47 Å². The Hall–Kier alpha value is -1.20. The number of hydrogen-bond acceptors (Lipinski definition) is 2. The van der Waals surface area contributed by atoms with Gasteiger partial charge in [0.25, 0.3) is 5.56 Å². The standard InChI is InChI=1S/C11H7BrClFN2O.C2H6/c12-9-5-15-11(13)16(10(9)17)6-7-1-3-8(14)4-2-7;1-2/h1-5H,6H2;1-2H3. The summed E-state index contributed by atoms with van der Waals surface area (Å²) in [5.74, 6) is -0.320. The van der Waals surface area contributed by atoms with Gasteiger partial charge >= 0.3 is 0 Å². The first-order valence-corrected chi connectivity index (χ1v) is 6.90. The van der Waals surface area contributed by atoms with Crippen molar-refractivity contribution in [1.82, 2.24) is 9.55 Å². The molecule has 0 bridgehead atoms. The third kappa shape index (κ3) is 4.14. The highest BCUT2D eigenvalue weighted by Gasteiger charge is 2.07. The molecular formula is C13H13BrClFN2O. The van der Waals surface area contributed by atoms with Crippen LogP contribution in [0.1, 0.15) is 19.4 Å². The second-order valence-corrected chi connectivity index (χ2v) is 4.59. The smallest absolute Gasteiger partial charge is 0.269 e. The van der Waals surface area contributed by atoms with Crippen LogP contribution >= 0.6 is 27.5 Å². The Morgan fingerprint density at radius 1 is 1.32 bits per heavy atom. The largest absolute Gasteiger partial charge is 0.278 e. The normalized spacial score (nSPS) is 9.74. The summed E-state index contributed by atoms with van der Waals surface area (Å²) >= 11 is 8.93. The summed E-state index contributed by atoms with van der Waals surface area (Å²) in [6.07, 6.45) is 1.35. The zero-order valence-electron chi connectivity index (χ0n) is 10.5. The van der Waals surface area contributed by atoms with Crippen LogP contribution < -0.4 is 5.56 Å². The molecule has 0 atom stereocenters. The van der Waals surface area contributed by atoms with Gasteiger partial charge in [0, 0.05) is 0 Å². The summed E-state index contributed by atoms with van der Waals surface area (Å²) in [4.78, 5) is 15.6. The first-order chi connectivity index (χ1) is 9.08. The monoisotopic (exact) mass is 346 g/mol. The minimum absolute atomic E-state index is 0.0996. The lowest BCUT2D eigenvalue weighted by Crippen LogP contribution is -2.22. The van der Waals surface area contributed by atoms with Crippen molar-refractivity contribution in [1.29, 1.82) is 0 Å². The predicted molar refractivity (Wildman–Crippen MR) is 78.1 cm³/mol. The topological polar surface area (TPSA) is 34.9 Å². The van der Waals surface area contributed by atoms with Crippen LogP contribution in [-0.2, 0) is 6.54 Å². The third-order valence-electron chi connectivity index (χ3n) is 2.21. The number of rotatable bonds is 2. The second kappa shape index (κ2) is 7.40. The Kier molecular flexibility index (Phi) is 6.18. The molecule has 0 aliphatic rings. The number of halogens is 3. The fourth-order valence-electron chi connectivity index (χ4n) is 1.36. The fraction of sp³-hybridized carbons (Fsp3) is 0.231. The summed E-state index contributed by atoms with van der Waals surface area (Å²) in [5, 5.41) is 0.0996. The maximum absolute atomic E-state index is 12.7. The van der Waals surface area contributed by atoms with Gasteiger partial charge in [0.2, 0.25) is 5.28 Å². The van der Waals surface area contributed by atoms with E-state index in [9.17, 15) is 9.18 Å². The molecule has 1 heterocycles. The van der Waals surface area contributed by atoms with Gasteiger partial charge in [-0.1, -0.05) is 26.0 Å². The molecule has 102 valence electrons. The number of hydrogen-bond donors (Lipinski definition) is 0. The number of nitrogens with zero attached hydrogens (tertiary/aromatic N) is 2. The van der Waals surface area contributed by atoms with Crippen molar-refractivity contribution in [2.75, 3.05) is 0 Å². The molecule has 0 unspecified atom stereocenters. The first kappa shape index (κ1) is 15.9. The molecule has 0 aliphatic heterocycles. The molecule has 0 amide bonds. The van der Waals surface area contributed by atoms with Crippen LogP contribution in [0.25, 0.3) is 0 Å². The molecule has 2 rings (SSSR count). The van der Waals surface area contributed by atoms with Crippen LogP contribution in [0.4, 0.5) is 4.39 Å². The highest BCUT2D eigenvalue weighted by molar-refractivity contribution is 9.10. The molecule has 0 radical (unpaired) electrons. The molecule has 3 nitrogen and oxygen atoms in total. The van der Waals surface area contributed by atoms with Crippen LogP contribution in [0.3, 0.4) is 0 Å². The minimum Gasteiger partial charge on any atom is -0.278 e. The lowest BCUT2D eigenvalue weighted by atomic mass is 10.2. The lowest BCUT2D eigenvalue weighted by Gasteiger charge is -2.07. The van der Waals surface area contributed by atoms with Gasteiger partial charge < -0.3 is 0 Å². The summed E-state index contributed by atoms with van der Waals surface area (Å²) in [5.41, 5.74) is 0.504. The van der Waals surface area contributed by atoms with E-state index >= 15 is 0 Å². The van der Waals surface area contributed by atoms with Crippen LogP contribution in [-0.4, -0.2) is 9.55 Å². The molecule has 0 aliphatic carbocycles. The Balaban J connectivity index is 0.000000861. The number of aromatic nitrogens is 2. The van der Waals surface area contributed by atoms with Crippen molar-refractivity contribution >= 4 is 27.5 Å². The van der Waals surface area contributed by atoms with E-state index in [2.05, 4.69) is 20.9 Å². The Morgan fingerprint density at radius 2 is 1.89 bits per heavy atom.